The molecule has 0 N–H and O–H groups in total. The summed E-state index contributed by atoms with van der Waals surface area (Å²) in [5.41, 5.74) is 0. The van der Waals surface area contributed by atoms with Gasteiger partial charge in [-0.3, -0.25) is 4.48 Å². The average Bonchev–Trinajstić information content (AvgIpc) is 2.32. The average molecular weight is 169 g/mol. The highest BCUT2D eigenvalue weighted by atomic mass is 15.4. The van der Waals surface area contributed by atoms with Crippen molar-refractivity contribution in [1.29, 1.82) is 0 Å². The topological polar surface area (TPSA) is 8.81 Å². The van der Waals surface area contributed by atoms with Crippen molar-refractivity contribution in [3.05, 3.63) is 18.7 Å². The number of hydrogen-bond donors (Lipinski definition) is 0. The molecule has 1 rings (SSSR count). The Bertz CT molecular complexity index is 245. The van der Waals surface area contributed by atoms with Crippen molar-refractivity contribution in [1.82, 2.24) is 4.57 Å². The molecule has 0 amide bonds. The molecule has 0 aliphatic rings. The quantitative estimate of drug-likeness (QED) is 0.459. The zero-order chi connectivity index (χ0) is 9.19. The molecule has 1 aromatic rings. The smallest absolute Gasteiger partial charge is 0.248 e. The number of imidazole rings is 1. The molecule has 0 fully saturated rings. The Labute approximate surface area is 74.4 Å². The van der Waals surface area contributed by atoms with E-state index in [0.29, 0.717) is 0 Å². The SMILES string of the molecule is CCn1cc[n+](C[N+](C)(C)C)c1. The van der Waals surface area contributed by atoms with Gasteiger partial charge in [-0.2, -0.15) is 4.57 Å². The first-order valence-corrected chi connectivity index (χ1v) is 4.36. The van der Waals surface area contributed by atoms with Crippen LogP contribution in [0.5, 0.6) is 0 Å². The minimum Gasteiger partial charge on any atom is -0.295 e. The Morgan fingerprint density at radius 2 is 2.00 bits per heavy atom. The maximum absolute atomic E-state index is 2.21. The van der Waals surface area contributed by atoms with Gasteiger partial charge in [-0.25, -0.2) is 4.57 Å². The lowest BCUT2D eigenvalue weighted by Crippen LogP contribution is -2.48. The third-order valence-electron chi connectivity index (χ3n) is 1.70. The molecule has 12 heavy (non-hydrogen) atoms. The largest absolute Gasteiger partial charge is 0.295 e. The van der Waals surface area contributed by atoms with Crippen LogP contribution in [0, 0.1) is 0 Å². The summed E-state index contributed by atoms with van der Waals surface area (Å²) in [6, 6.07) is 0. The van der Waals surface area contributed by atoms with Crippen LogP contribution >= 0.6 is 0 Å². The molecule has 0 aliphatic carbocycles. The van der Waals surface area contributed by atoms with Crippen LogP contribution in [0.1, 0.15) is 6.92 Å². The Kier molecular flexibility index (Phi) is 2.52. The summed E-state index contributed by atoms with van der Waals surface area (Å²) in [6.45, 7) is 4.22. The minimum atomic E-state index is 0.957. The molecule has 3 heteroatoms. The van der Waals surface area contributed by atoms with Crippen LogP contribution in [0.3, 0.4) is 0 Å². The van der Waals surface area contributed by atoms with Gasteiger partial charge in [0.25, 0.3) is 0 Å². The predicted molar refractivity (Wildman–Crippen MR) is 48.3 cm³/mol. The zero-order valence-electron chi connectivity index (χ0n) is 8.49. The summed E-state index contributed by atoms with van der Waals surface area (Å²) < 4.78 is 5.34. The summed E-state index contributed by atoms with van der Waals surface area (Å²) in [6.07, 6.45) is 6.37. The molecular weight excluding hydrogens is 150 g/mol. The van der Waals surface area contributed by atoms with Gasteiger partial charge in [0, 0.05) is 0 Å². The van der Waals surface area contributed by atoms with Gasteiger partial charge in [0.2, 0.25) is 13.0 Å². The maximum atomic E-state index is 2.21. The van der Waals surface area contributed by atoms with Gasteiger partial charge < -0.3 is 0 Å². The fraction of sp³-hybridized carbons (Fsp3) is 0.667. The van der Waals surface area contributed by atoms with Crippen LogP contribution in [0.25, 0.3) is 0 Å². The molecular formula is C9H19N3+2. The number of aryl methyl sites for hydroxylation is 1. The van der Waals surface area contributed by atoms with Gasteiger partial charge in [0.15, 0.2) is 0 Å². The number of hydrogen-bond acceptors (Lipinski definition) is 0. The summed E-state index contributed by atoms with van der Waals surface area (Å²) in [4.78, 5) is 0. The van der Waals surface area contributed by atoms with Crippen molar-refractivity contribution in [2.24, 2.45) is 0 Å². The molecule has 0 unspecified atom stereocenters. The lowest BCUT2D eigenvalue weighted by molar-refractivity contribution is -1.02. The van der Waals surface area contributed by atoms with E-state index in [2.05, 4.69) is 55.9 Å². The molecule has 0 bridgehead atoms. The van der Waals surface area contributed by atoms with E-state index in [4.69, 9.17) is 0 Å². The summed E-state index contributed by atoms with van der Waals surface area (Å²) >= 11 is 0. The standard InChI is InChI=1S/C9H19N3/c1-5-10-6-7-11(8-10)9-12(2,3)4/h6-8H,5,9H2,1-4H3/q+2. The van der Waals surface area contributed by atoms with Gasteiger partial charge in [-0.15, -0.1) is 0 Å². The van der Waals surface area contributed by atoms with E-state index in [0.717, 1.165) is 17.7 Å². The van der Waals surface area contributed by atoms with Gasteiger partial charge in [-0.1, -0.05) is 0 Å². The van der Waals surface area contributed by atoms with E-state index in [1.54, 1.807) is 0 Å². The van der Waals surface area contributed by atoms with Crippen molar-refractivity contribution >= 4 is 0 Å². The second-order valence-corrected chi connectivity index (χ2v) is 4.19. The highest BCUT2D eigenvalue weighted by molar-refractivity contribution is 4.63. The van der Waals surface area contributed by atoms with Gasteiger partial charge in [-0.05, 0) is 6.92 Å². The van der Waals surface area contributed by atoms with Gasteiger partial charge in [0.1, 0.15) is 12.4 Å². The molecule has 0 saturated carbocycles. The molecule has 0 radical (unpaired) electrons. The van der Waals surface area contributed by atoms with Crippen molar-refractivity contribution in [2.45, 2.75) is 20.1 Å². The third kappa shape index (κ3) is 2.66. The Morgan fingerprint density at radius 1 is 1.33 bits per heavy atom. The molecule has 0 aromatic carbocycles. The summed E-state index contributed by atoms with van der Waals surface area (Å²) in [5, 5.41) is 0. The van der Waals surface area contributed by atoms with E-state index >= 15 is 0 Å². The first kappa shape index (κ1) is 9.26. The lowest BCUT2D eigenvalue weighted by atomic mass is 10.7. The fourth-order valence-corrected chi connectivity index (χ4v) is 1.20. The monoisotopic (exact) mass is 169 g/mol. The Balaban J connectivity index is 2.64. The number of quaternary nitrogens is 1. The maximum Gasteiger partial charge on any atom is 0.248 e. The second-order valence-electron chi connectivity index (χ2n) is 4.19. The fourth-order valence-electron chi connectivity index (χ4n) is 1.20. The highest BCUT2D eigenvalue weighted by Gasteiger charge is 2.11. The number of nitrogens with zero attached hydrogens (tertiary/aromatic N) is 3. The highest BCUT2D eigenvalue weighted by Crippen LogP contribution is 1.89. The van der Waals surface area contributed by atoms with Crippen LogP contribution in [-0.2, 0) is 13.2 Å². The van der Waals surface area contributed by atoms with Crippen molar-refractivity contribution < 1.29 is 9.05 Å². The van der Waals surface area contributed by atoms with Crippen LogP contribution in [-0.4, -0.2) is 30.2 Å². The van der Waals surface area contributed by atoms with Crippen LogP contribution in [0.2, 0.25) is 0 Å². The van der Waals surface area contributed by atoms with Gasteiger partial charge >= 0.3 is 0 Å². The van der Waals surface area contributed by atoms with Crippen molar-refractivity contribution in [3.8, 4) is 0 Å². The normalized spacial score (nSPS) is 12.0. The van der Waals surface area contributed by atoms with E-state index in [1.165, 1.54) is 0 Å². The first-order valence-electron chi connectivity index (χ1n) is 4.36. The van der Waals surface area contributed by atoms with Gasteiger partial charge in [0.05, 0.1) is 27.7 Å². The number of aromatic nitrogens is 2. The third-order valence-corrected chi connectivity index (χ3v) is 1.70. The molecule has 3 nitrogen and oxygen atoms in total. The van der Waals surface area contributed by atoms with E-state index < -0.39 is 0 Å². The molecule has 0 saturated heterocycles. The molecule has 0 spiro atoms. The van der Waals surface area contributed by atoms with E-state index in [1.807, 2.05) is 0 Å². The minimum absolute atomic E-state index is 0.957. The number of rotatable bonds is 3. The Morgan fingerprint density at radius 3 is 2.42 bits per heavy atom. The molecule has 68 valence electrons. The predicted octanol–water partition coefficient (Wildman–Crippen LogP) is 0.459. The van der Waals surface area contributed by atoms with E-state index in [9.17, 15) is 0 Å². The van der Waals surface area contributed by atoms with Crippen LogP contribution < -0.4 is 4.57 Å². The first-order chi connectivity index (χ1) is 5.51. The van der Waals surface area contributed by atoms with Crippen molar-refractivity contribution in [2.75, 3.05) is 21.1 Å². The second kappa shape index (κ2) is 3.27. The summed E-state index contributed by atoms with van der Waals surface area (Å²) in [5.74, 6) is 0. The molecule has 1 aromatic heterocycles. The van der Waals surface area contributed by atoms with Crippen LogP contribution in [0.15, 0.2) is 18.7 Å². The molecule has 0 atom stereocenters. The molecule has 0 aliphatic heterocycles. The molecule has 1 heterocycles. The Hall–Kier alpha value is -0.830. The zero-order valence-corrected chi connectivity index (χ0v) is 8.49. The van der Waals surface area contributed by atoms with Crippen LogP contribution in [0.4, 0.5) is 0 Å². The lowest BCUT2D eigenvalue weighted by Gasteiger charge is -2.20. The van der Waals surface area contributed by atoms with Crippen molar-refractivity contribution in [3.63, 3.8) is 0 Å². The summed E-state index contributed by atoms with van der Waals surface area (Å²) in [7, 11) is 6.57. The van der Waals surface area contributed by atoms with E-state index in [-0.39, 0.29) is 0 Å².